The zero-order valence-corrected chi connectivity index (χ0v) is 21.7. The lowest BCUT2D eigenvalue weighted by atomic mass is 9.91. The second kappa shape index (κ2) is 15.3. The number of nitrogens with one attached hydrogen (secondary N) is 2. The normalized spacial score (nSPS) is 13.1. The van der Waals surface area contributed by atoms with Crippen LogP contribution in [0, 0.1) is 6.92 Å². The minimum atomic E-state index is -0.717. The summed E-state index contributed by atoms with van der Waals surface area (Å²) in [5.74, 6) is -0.0192. The Morgan fingerprint density at radius 2 is 1.59 bits per heavy atom. The predicted molar refractivity (Wildman–Crippen MR) is 137 cm³/mol. The van der Waals surface area contributed by atoms with E-state index in [1.807, 2.05) is 34.6 Å². The predicted octanol–water partition coefficient (Wildman–Crippen LogP) is 1.86. The van der Waals surface area contributed by atoms with E-state index < -0.39 is 17.1 Å². The van der Waals surface area contributed by atoms with Crippen LogP contribution in [0.4, 0.5) is 0 Å². The van der Waals surface area contributed by atoms with Crippen molar-refractivity contribution in [3.8, 4) is 0 Å². The number of nitrogens with two attached hydrogens (primary N) is 2. The molecule has 1 aromatic rings. The van der Waals surface area contributed by atoms with Gasteiger partial charge < -0.3 is 31.6 Å². The van der Waals surface area contributed by atoms with Gasteiger partial charge in [-0.25, -0.2) is 0 Å². The lowest BCUT2D eigenvalue weighted by Gasteiger charge is -2.28. The Balaban J connectivity index is 2.17. The Bertz CT molecular complexity index is 735. The number of hydrogen-bond acceptors (Lipinski definition) is 8. The van der Waals surface area contributed by atoms with Crippen LogP contribution in [-0.4, -0.2) is 68.2 Å². The molecular weight excluding hydrogens is 432 g/mol. The highest BCUT2D eigenvalue weighted by Gasteiger charge is 2.30. The molecule has 0 aromatic heterocycles. The van der Waals surface area contributed by atoms with Crippen LogP contribution in [0.3, 0.4) is 0 Å². The van der Waals surface area contributed by atoms with Crippen molar-refractivity contribution < 1.29 is 19.1 Å². The lowest BCUT2D eigenvalue weighted by molar-refractivity contribution is -0.129. The standard InChI is InChI=1S/C26H46N4O4/c1-20-9-11-21(12-10-20)18-30-25(2,3)23(31)19-34-17-16-33-15-14-29-26(4,5)24(32)22(28)8-6-7-13-27/h9-12,22,29-30H,6-8,13-19,27-28H2,1-5H3. The highest BCUT2D eigenvalue weighted by molar-refractivity contribution is 5.92. The molecule has 34 heavy (non-hydrogen) atoms. The second-order valence-electron chi connectivity index (χ2n) is 9.86. The first-order valence-electron chi connectivity index (χ1n) is 12.2. The van der Waals surface area contributed by atoms with Gasteiger partial charge in [0.25, 0.3) is 0 Å². The summed E-state index contributed by atoms with van der Waals surface area (Å²) in [6.07, 6.45) is 2.37. The number of unbranched alkanes of at least 4 members (excludes halogenated alkanes) is 1. The summed E-state index contributed by atoms with van der Waals surface area (Å²) < 4.78 is 11.1. The van der Waals surface area contributed by atoms with Crippen LogP contribution >= 0.6 is 0 Å². The smallest absolute Gasteiger partial charge is 0.177 e. The number of aryl methyl sites for hydroxylation is 1. The number of benzene rings is 1. The highest BCUT2D eigenvalue weighted by Crippen LogP contribution is 2.11. The quantitative estimate of drug-likeness (QED) is 0.222. The molecule has 0 fully saturated rings. The molecule has 0 spiro atoms. The maximum absolute atomic E-state index is 12.5. The number of carbonyl (C=O) groups is 2. The topological polar surface area (TPSA) is 129 Å². The first kappa shape index (κ1) is 30.4. The van der Waals surface area contributed by atoms with Gasteiger partial charge in [-0.05, 0) is 59.6 Å². The Hall–Kier alpha value is -1.68. The van der Waals surface area contributed by atoms with Crippen molar-refractivity contribution in [3.63, 3.8) is 0 Å². The molecule has 0 radical (unpaired) electrons. The van der Waals surface area contributed by atoms with E-state index >= 15 is 0 Å². The van der Waals surface area contributed by atoms with Gasteiger partial charge in [-0.15, -0.1) is 0 Å². The number of ether oxygens (including phenoxy) is 2. The minimum Gasteiger partial charge on any atom is -0.378 e. The fraction of sp³-hybridized carbons (Fsp3) is 0.692. The van der Waals surface area contributed by atoms with Crippen molar-refractivity contribution in [2.75, 3.05) is 39.5 Å². The van der Waals surface area contributed by atoms with Gasteiger partial charge >= 0.3 is 0 Å². The molecule has 0 amide bonds. The molecule has 8 heteroatoms. The summed E-state index contributed by atoms with van der Waals surface area (Å²) in [6.45, 7) is 12.4. The minimum absolute atomic E-state index is 0.00929. The SMILES string of the molecule is Cc1ccc(CNC(C)(C)C(=O)COCCOCCNC(C)(C)C(=O)C(N)CCCCN)cc1. The molecule has 1 aromatic carbocycles. The summed E-state index contributed by atoms with van der Waals surface area (Å²) in [6, 6.07) is 7.74. The Morgan fingerprint density at radius 1 is 0.941 bits per heavy atom. The van der Waals surface area contributed by atoms with Crippen LogP contribution in [0.1, 0.15) is 58.1 Å². The van der Waals surface area contributed by atoms with Crippen LogP contribution in [0.25, 0.3) is 0 Å². The molecule has 0 aliphatic carbocycles. The van der Waals surface area contributed by atoms with Gasteiger partial charge in [0.05, 0.1) is 36.9 Å². The van der Waals surface area contributed by atoms with Crippen molar-refractivity contribution in [1.29, 1.82) is 0 Å². The van der Waals surface area contributed by atoms with Gasteiger partial charge in [0, 0.05) is 13.1 Å². The largest absolute Gasteiger partial charge is 0.378 e. The van der Waals surface area contributed by atoms with Gasteiger partial charge in [0.2, 0.25) is 0 Å². The highest BCUT2D eigenvalue weighted by atomic mass is 16.5. The van der Waals surface area contributed by atoms with Crippen LogP contribution in [0.5, 0.6) is 0 Å². The van der Waals surface area contributed by atoms with E-state index in [0.717, 1.165) is 18.4 Å². The van der Waals surface area contributed by atoms with Crippen molar-refractivity contribution in [3.05, 3.63) is 35.4 Å². The van der Waals surface area contributed by atoms with E-state index in [9.17, 15) is 9.59 Å². The molecule has 0 aliphatic rings. The average molecular weight is 479 g/mol. The molecule has 0 saturated heterocycles. The van der Waals surface area contributed by atoms with Crippen molar-refractivity contribution in [1.82, 2.24) is 10.6 Å². The molecule has 8 nitrogen and oxygen atoms in total. The fourth-order valence-electron chi connectivity index (χ4n) is 3.32. The molecule has 1 atom stereocenters. The summed E-state index contributed by atoms with van der Waals surface area (Å²) in [5.41, 5.74) is 12.5. The monoisotopic (exact) mass is 478 g/mol. The second-order valence-corrected chi connectivity index (χ2v) is 9.86. The fourth-order valence-corrected chi connectivity index (χ4v) is 3.32. The zero-order valence-electron chi connectivity index (χ0n) is 21.7. The van der Waals surface area contributed by atoms with Crippen molar-refractivity contribution in [2.45, 2.75) is 77.5 Å². The Morgan fingerprint density at radius 3 is 2.24 bits per heavy atom. The van der Waals surface area contributed by atoms with Crippen LogP contribution in [0.15, 0.2) is 24.3 Å². The first-order valence-corrected chi connectivity index (χ1v) is 12.2. The summed E-state index contributed by atoms with van der Waals surface area (Å²) in [7, 11) is 0. The first-order chi connectivity index (χ1) is 16.0. The van der Waals surface area contributed by atoms with E-state index in [1.54, 1.807) is 0 Å². The van der Waals surface area contributed by atoms with Gasteiger partial charge in [-0.3, -0.25) is 9.59 Å². The van der Waals surface area contributed by atoms with Crippen molar-refractivity contribution >= 4 is 11.6 Å². The Kier molecular flexibility index (Phi) is 13.7. The molecule has 6 N–H and O–H groups in total. The molecular formula is C26H46N4O4. The summed E-state index contributed by atoms with van der Waals surface area (Å²) in [5, 5.41) is 6.50. The zero-order chi connectivity index (χ0) is 25.6. The van der Waals surface area contributed by atoms with E-state index in [-0.39, 0.29) is 18.2 Å². The van der Waals surface area contributed by atoms with Crippen LogP contribution in [0.2, 0.25) is 0 Å². The average Bonchev–Trinajstić information content (AvgIpc) is 2.79. The van der Waals surface area contributed by atoms with Gasteiger partial charge in [-0.1, -0.05) is 36.2 Å². The van der Waals surface area contributed by atoms with E-state index in [0.29, 0.717) is 45.9 Å². The number of rotatable bonds is 19. The third kappa shape index (κ3) is 11.6. The van der Waals surface area contributed by atoms with Gasteiger partial charge in [-0.2, -0.15) is 0 Å². The van der Waals surface area contributed by atoms with E-state index in [1.165, 1.54) is 5.56 Å². The van der Waals surface area contributed by atoms with E-state index in [4.69, 9.17) is 20.9 Å². The van der Waals surface area contributed by atoms with Crippen LogP contribution < -0.4 is 22.1 Å². The molecule has 1 unspecified atom stereocenters. The number of carbonyl (C=O) groups excluding carboxylic acids is 2. The maximum Gasteiger partial charge on any atom is 0.177 e. The molecule has 0 saturated carbocycles. The molecule has 0 heterocycles. The van der Waals surface area contributed by atoms with E-state index in [2.05, 4.69) is 34.9 Å². The summed E-state index contributed by atoms with van der Waals surface area (Å²) >= 11 is 0. The Labute approximate surface area is 205 Å². The van der Waals surface area contributed by atoms with Gasteiger partial charge in [0.1, 0.15) is 6.61 Å². The third-order valence-corrected chi connectivity index (χ3v) is 5.89. The number of ketones is 2. The van der Waals surface area contributed by atoms with Gasteiger partial charge in [0.15, 0.2) is 11.6 Å². The molecule has 1 rings (SSSR count). The maximum atomic E-state index is 12.5. The lowest BCUT2D eigenvalue weighted by Crippen LogP contribution is -2.54. The van der Waals surface area contributed by atoms with Crippen molar-refractivity contribution in [2.24, 2.45) is 11.5 Å². The summed E-state index contributed by atoms with van der Waals surface area (Å²) in [4.78, 5) is 25.0. The molecule has 0 bridgehead atoms. The molecule has 0 aliphatic heterocycles. The van der Waals surface area contributed by atoms with Crippen LogP contribution in [-0.2, 0) is 25.6 Å². The third-order valence-electron chi connectivity index (χ3n) is 5.89. The molecule has 194 valence electrons. The number of Topliss-reactive ketones (excluding diaryl/α,β-unsaturated/α-hetero) is 2. The number of hydrogen-bond donors (Lipinski definition) is 4.